The van der Waals surface area contributed by atoms with Gasteiger partial charge in [0.1, 0.15) is 11.8 Å². The van der Waals surface area contributed by atoms with Crippen molar-refractivity contribution in [3.05, 3.63) is 42.0 Å². The Hall–Kier alpha value is -2.05. The lowest BCUT2D eigenvalue weighted by molar-refractivity contribution is 0.415. The molecule has 0 fully saturated rings. The van der Waals surface area contributed by atoms with Gasteiger partial charge in [0.05, 0.1) is 13.2 Å². The van der Waals surface area contributed by atoms with Crippen molar-refractivity contribution >= 4 is 10.8 Å². The zero-order chi connectivity index (χ0) is 14.5. The zero-order valence-corrected chi connectivity index (χ0v) is 12.2. The molecular formula is C17H20N2O. The van der Waals surface area contributed by atoms with Gasteiger partial charge in [-0.2, -0.15) is 5.26 Å². The predicted molar refractivity (Wildman–Crippen MR) is 81.7 cm³/mol. The number of nitrogens with one attached hydrogen (secondary N) is 1. The van der Waals surface area contributed by atoms with E-state index in [4.69, 9.17) is 4.74 Å². The van der Waals surface area contributed by atoms with Gasteiger partial charge in [0.2, 0.25) is 0 Å². The van der Waals surface area contributed by atoms with Crippen LogP contribution in [0.2, 0.25) is 0 Å². The Labute approximate surface area is 120 Å². The van der Waals surface area contributed by atoms with Gasteiger partial charge in [-0.05, 0) is 47.9 Å². The van der Waals surface area contributed by atoms with Crippen LogP contribution in [0.15, 0.2) is 36.4 Å². The first-order chi connectivity index (χ1) is 9.67. The number of fused-ring (bicyclic) bond motifs is 1. The normalized spacial score (nSPS) is 13.7. The molecular weight excluding hydrogens is 248 g/mol. The summed E-state index contributed by atoms with van der Waals surface area (Å²) < 4.78 is 5.22. The van der Waals surface area contributed by atoms with E-state index >= 15 is 0 Å². The Bertz CT molecular complexity index is 630. The minimum atomic E-state index is -0.267. The summed E-state index contributed by atoms with van der Waals surface area (Å²) in [6.45, 7) is 4.20. The van der Waals surface area contributed by atoms with Gasteiger partial charge in [0, 0.05) is 6.04 Å². The van der Waals surface area contributed by atoms with Crippen LogP contribution in [0.3, 0.4) is 0 Å². The van der Waals surface area contributed by atoms with Gasteiger partial charge in [-0.1, -0.05) is 25.1 Å². The second-order valence-corrected chi connectivity index (χ2v) is 5.01. The van der Waals surface area contributed by atoms with Gasteiger partial charge in [0.15, 0.2) is 0 Å². The minimum Gasteiger partial charge on any atom is -0.497 e. The molecule has 0 radical (unpaired) electrons. The lowest BCUT2D eigenvalue weighted by atomic mass is 10.0. The molecule has 2 rings (SSSR count). The molecule has 1 N–H and O–H groups in total. The maximum Gasteiger partial charge on any atom is 0.121 e. The predicted octanol–water partition coefficient (Wildman–Crippen LogP) is 3.80. The molecule has 0 spiro atoms. The second kappa shape index (κ2) is 6.40. The summed E-state index contributed by atoms with van der Waals surface area (Å²) in [5.74, 6) is 0.847. The summed E-state index contributed by atoms with van der Waals surface area (Å²) in [6, 6.07) is 14.5. The Balaban J connectivity index is 2.33. The van der Waals surface area contributed by atoms with Crippen LogP contribution in [0.4, 0.5) is 0 Å². The largest absolute Gasteiger partial charge is 0.497 e. The summed E-state index contributed by atoms with van der Waals surface area (Å²) >= 11 is 0. The van der Waals surface area contributed by atoms with E-state index in [-0.39, 0.29) is 6.04 Å². The molecule has 2 atom stereocenters. The SMILES string of the molecule is CCC(C)NC(C#N)c1ccc2cc(OC)ccc2c1. The molecule has 0 aliphatic heterocycles. The fourth-order valence-corrected chi connectivity index (χ4v) is 2.16. The van der Waals surface area contributed by atoms with Crippen molar-refractivity contribution in [3.63, 3.8) is 0 Å². The highest BCUT2D eigenvalue weighted by molar-refractivity contribution is 5.84. The fourth-order valence-electron chi connectivity index (χ4n) is 2.16. The molecule has 2 aromatic rings. The number of nitrogens with zero attached hydrogens (tertiary/aromatic N) is 1. The Morgan fingerprint density at radius 3 is 2.55 bits per heavy atom. The molecule has 0 saturated carbocycles. The maximum atomic E-state index is 9.35. The first-order valence-corrected chi connectivity index (χ1v) is 6.91. The third-order valence-electron chi connectivity index (χ3n) is 3.60. The highest BCUT2D eigenvalue weighted by atomic mass is 16.5. The van der Waals surface area contributed by atoms with Crippen LogP contribution in [0.25, 0.3) is 10.8 Å². The van der Waals surface area contributed by atoms with Gasteiger partial charge >= 0.3 is 0 Å². The average Bonchev–Trinajstić information content (AvgIpc) is 2.51. The smallest absolute Gasteiger partial charge is 0.121 e. The standard InChI is InChI=1S/C17H20N2O/c1-4-12(2)19-17(11-18)15-6-5-14-10-16(20-3)8-7-13(14)9-15/h5-10,12,17,19H,4H2,1-3H3. The van der Waals surface area contributed by atoms with Crippen molar-refractivity contribution in [2.75, 3.05) is 7.11 Å². The quantitative estimate of drug-likeness (QED) is 0.897. The number of hydrogen-bond donors (Lipinski definition) is 1. The molecule has 0 bridgehead atoms. The Morgan fingerprint density at radius 1 is 1.20 bits per heavy atom. The van der Waals surface area contributed by atoms with E-state index in [2.05, 4.69) is 31.3 Å². The van der Waals surface area contributed by atoms with E-state index in [1.54, 1.807) is 7.11 Å². The van der Waals surface area contributed by atoms with Crippen molar-refractivity contribution in [1.82, 2.24) is 5.32 Å². The van der Waals surface area contributed by atoms with Gasteiger partial charge in [-0.3, -0.25) is 5.32 Å². The molecule has 20 heavy (non-hydrogen) atoms. The summed E-state index contributed by atoms with van der Waals surface area (Å²) in [5.41, 5.74) is 1.01. The Morgan fingerprint density at radius 2 is 1.90 bits per heavy atom. The Kier molecular flexibility index (Phi) is 4.60. The average molecular weight is 268 g/mol. The van der Waals surface area contributed by atoms with Crippen LogP contribution in [0.1, 0.15) is 31.9 Å². The van der Waals surface area contributed by atoms with E-state index in [1.165, 1.54) is 0 Å². The van der Waals surface area contributed by atoms with Crippen LogP contribution in [0, 0.1) is 11.3 Å². The third kappa shape index (κ3) is 3.09. The number of hydrogen-bond acceptors (Lipinski definition) is 3. The molecule has 104 valence electrons. The first-order valence-electron chi connectivity index (χ1n) is 6.91. The van der Waals surface area contributed by atoms with Crippen molar-refractivity contribution in [1.29, 1.82) is 5.26 Å². The topological polar surface area (TPSA) is 45.0 Å². The van der Waals surface area contributed by atoms with Gasteiger partial charge in [-0.15, -0.1) is 0 Å². The lowest BCUT2D eigenvalue weighted by Crippen LogP contribution is -2.29. The highest BCUT2D eigenvalue weighted by Gasteiger charge is 2.13. The fraction of sp³-hybridized carbons (Fsp3) is 0.353. The zero-order valence-electron chi connectivity index (χ0n) is 12.2. The van der Waals surface area contributed by atoms with Gasteiger partial charge in [-0.25, -0.2) is 0 Å². The van der Waals surface area contributed by atoms with Crippen molar-refractivity contribution in [2.45, 2.75) is 32.4 Å². The monoisotopic (exact) mass is 268 g/mol. The summed E-state index contributed by atoms with van der Waals surface area (Å²) in [4.78, 5) is 0. The van der Waals surface area contributed by atoms with Crippen LogP contribution in [-0.4, -0.2) is 13.2 Å². The minimum absolute atomic E-state index is 0.267. The molecule has 0 heterocycles. The maximum absolute atomic E-state index is 9.35. The number of ether oxygens (including phenoxy) is 1. The highest BCUT2D eigenvalue weighted by Crippen LogP contribution is 2.24. The first kappa shape index (κ1) is 14.4. The molecule has 2 aromatic carbocycles. The van der Waals surface area contributed by atoms with Crippen LogP contribution in [0.5, 0.6) is 5.75 Å². The van der Waals surface area contributed by atoms with Gasteiger partial charge in [0.25, 0.3) is 0 Å². The summed E-state index contributed by atoms with van der Waals surface area (Å²) in [5, 5.41) is 14.9. The molecule has 0 amide bonds. The van der Waals surface area contributed by atoms with Crippen molar-refractivity contribution in [3.8, 4) is 11.8 Å². The molecule has 3 heteroatoms. The van der Waals surface area contributed by atoms with E-state index in [1.807, 2.05) is 30.3 Å². The molecule has 0 aromatic heterocycles. The lowest BCUT2D eigenvalue weighted by Gasteiger charge is -2.17. The van der Waals surface area contributed by atoms with E-state index in [9.17, 15) is 5.26 Å². The second-order valence-electron chi connectivity index (χ2n) is 5.01. The van der Waals surface area contributed by atoms with Gasteiger partial charge < -0.3 is 4.74 Å². The third-order valence-corrected chi connectivity index (χ3v) is 3.60. The van der Waals surface area contributed by atoms with Crippen LogP contribution in [-0.2, 0) is 0 Å². The summed E-state index contributed by atoms with van der Waals surface area (Å²) in [6.07, 6.45) is 1.00. The van der Waals surface area contributed by atoms with Crippen molar-refractivity contribution in [2.24, 2.45) is 0 Å². The molecule has 0 aliphatic rings. The van der Waals surface area contributed by atoms with Crippen LogP contribution < -0.4 is 10.1 Å². The van der Waals surface area contributed by atoms with Crippen molar-refractivity contribution < 1.29 is 4.74 Å². The van der Waals surface area contributed by atoms with E-state index in [0.717, 1.165) is 28.5 Å². The molecule has 3 nitrogen and oxygen atoms in total. The molecule has 0 saturated heterocycles. The molecule has 2 unspecified atom stereocenters. The van der Waals surface area contributed by atoms with E-state index < -0.39 is 0 Å². The number of rotatable bonds is 5. The number of benzene rings is 2. The summed E-state index contributed by atoms with van der Waals surface area (Å²) in [7, 11) is 1.66. The van der Waals surface area contributed by atoms with Crippen LogP contribution >= 0.6 is 0 Å². The molecule has 0 aliphatic carbocycles. The number of methoxy groups -OCH3 is 1. The number of nitriles is 1. The van der Waals surface area contributed by atoms with E-state index in [0.29, 0.717) is 6.04 Å².